The number of fused-ring (bicyclic) bond motifs is 1. The molecule has 2 aromatic carbocycles. The second-order valence-electron chi connectivity index (χ2n) is 12.1. The Morgan fingerprint density at radius 1 is 1.05 bits per heavy atom. The molecule has 4 rings (SSSR count). The van der Waals surface area contributed by atoms with Crippen LogP contribution in [0.2, 0.25) is 0 Å². The minimum atomic E-state index is -0.598. The molecule has 2 aromatic rings. The molecular formula is C32H42N2O3. The highest BCUT2D eigenvalue weighted by atomic mass is 16.6. The van der Waals surface area contributed by atoms with E-state index >= 15 is 0 Å². The molecule has 0 aromatic heterocycles. The van der Waals surface area contributed by atoms with Gasteiger partial charge < -0.3 is 9.64 Å². The van der Waals surface area contributed by atoms with E-state index in [4.69, 9.17) is 9.73 Å². The first-order valence-corrected chi connectivity index (χ1v) is 13.8. The molecule has 5 heteroatoms. The molecule has 2 aliphatic rings. The summed E-state index contributed by atoms with van der Waals surface area (Å²) >= 11 is 0. The fraction of sp³-hybridized carbons (Fsp3) is 0.531. The molecule has 0 unspecified atom stereocenters. The van der Waals surface area contributed by atoms with Crippen LogP contribution in [-0.4, -0.2) is 29.2 Å². The number of carbonyl (C=O) groups excluding carboxylic acids is 2. The SMILES string of the molecule is CC1=N[C@H](CC(C)C)C(=O)N(Cc2ccc(C3CCCCC3)cc2)c2cc(C(=O)OC(C)(C)C)ccc21. The normalized spacial score (nSPS) is 18.9. The topological polar surface area (TPSA) is 59.0 Å². The number of benzene rings is 2. The molecule has 1 fully saturated rings. The van der Waals surface area contributed by atoms with Crippen molar-refractivity contribution in [2.24, 2.45) is 10.9 Å². The Bertz CT molecular complexity index is 1150. The first-order chi connectivity index (χ1) is 17.5. The zero-order chi connectivity index (χ0) is 26.7. The summed E-state index contributed by atoms with van der Waals surface area (Å²) in [6.07, 6.45) is 7.16. The largest absolute Gasteiger partial charge is 0.456 e. The first-order valence-electron chi connectivity index (χ1n) is 13.8. The number of hydrogen-bond acceptors (Lipinski definition) is 4. The van der Waals surface area contributed by atoms with E-state index in [1.807, 2.05) is 38.7 Å². The Balaban J connectivity index is 1.69. The van der Waals surface area contributed by atoms with E-state index in [1.54, 1.807) is 12.1 Å². The van der Waals surface area contributed by atoms with E-state index in [0.717, 1.165) is 22.5 Å². The highest BCUT2D eigenvalue weighted by Gasteiger charge is 2.32. The number of carbonyl (C=O) groups is 2. The summed E-state index contributed by atoms with van der Waals surface area (Å²) in [5.41, 5.74) is 4.73. The van der Waals surface area contributed by atoms with Gasteiger partial charge in [0.05, 0.1) is 17.8 Å². The molecule has 1 heterocycles. The zero-order valence-corrected chi connectivity index (χ0v) is 23.3. The summed E-state index contributed by atoms with van der Waals surface area (Å²) in [5.74, 6) is 0.563. The smallest absolute Gasteiger partial charge is 0.338 e. The van der Waals surface area contributed by atoms with Crippen molar-refractivity contribution in [1.29, 1.82) is 0 Å². The average molecular weight is 503 g/mol. The minimum absolute atomic E-state index is 0.0236. The maximum absolute atomic E-state index is 13.9. The molecule has 1 atom stereocenters. The second kappa shape index (κ2) is 11.2. The molecule has 0 spiro atoms. The van der Waals surface area contributed by atoms with Crippen molar-refractivity contribution < 1.29 is 14.3 Å². The molecule has 198 valence electrons. The molecule has 1 aliphatic carbocycles. The molecule has 1 amide bonds. The van der Waals surface area contributed by atoms with E-state index in [0.29, 0.717) is 30.4 Å². The van der Waals surface area contributed by atoms with E-state index in [1.165, 1.54) is 37.7 Å². The van der Waals surface area contributed by atoms with E-state index in [-0.39, 0.29) is 5.91 Å². The molecule has 1 aliphatic heterocycles. The number of aliphatic imine (C=N–C) groups is 1. The van der Waals surface area contributed by atoms with Gasteiger partial charge in [0.25, 0.3) is 5.91 Å². The van der Waals surface area contributed by atoms with Gasteiger partial charge in [0.15, 0.2) is 0 Å². The quantitative estimate of drug-likeness (QED) is 0.385. The lowest BCUT2D eigenvalue weighted by molar-refractivity contribution is -0.120. The van der Waals surface area contributed by atoms with Crippen molar-refractivity contribution in [2.45, 2.75) is 104 Å². The number of esters is 1. The van der Waals surface area contributed by atoms with Crippen LogP contribution < -0.4 is 4.90 Å². The third-order valence-electron chi connectivity index (χ3n) is 7.31. The van der Waals surface area contributed by atoms with E-state index in [9.17, 15) is 9.59 Å². The van der Waals surface area contributed by atoms with E-state index < -0.39 is 17.6 Å². The Morgan fingerprint density at radius 3 is 2.35 bits per heavy atom. The average Bonchev–Trinajstić information content (AvgIpc) is 2.94. The predicted octanol–water partition coefficient (Wildman–Crippen LogP) is 7.46. The summed E-state index contributed by atoms with van der Waals surface area (Å²) in [6.45, 7) is 12.2. The van der Waals surface area contributed by atoms with Gasteiger partial charge in [0.2, 0.25) is 0 Å². The number of hydrogen-bond donors (Lipinski definition) is 0. The van der Waals surface area contributed by atoms with Crippen LogP contribution in [-0.2, 0) is 16.1 Å². The van der Waals surface area contributed by atoms with Crippen LogP contribution >= 0.6 is 0 Å². The van der Waals surface area contributed by atoms with Crippen LogP contribution in [0.3, 0.4) is 0 Å². The lowest BCUT2D eigenvalue weighted by Gasteiger charge is -2.27. The number of amides is 1. The van der Waals surface area contributed by atoms with E-state index in [2.05, 4.69) is 38.1 Å². The lowest BCUT2D eigenvalue weighted by Crippen LogP contribution is -2.38. The summed E-state index contributed by atoms with van der Waals surface area (Å²) in [6, 6.07) is 13.8. The van der Waals surface area contributed by atoms with Crippen LogP contribution in [0.4, 0.5) is 5.69 Å². The third kappa shape index (κ3) is 6.68. The fourth-order valence-corrected chi connectivity index (χ4v) is 5.46. The van der Waals surface area contributed by atoms with Crippen molar-refractivity contribution in [2.75, 3.05) is 4.90 Å². The zero-order valence-electron chi connectivity index (χ0n) is 23.3. The van der Waals surface area contributed by atoms with Gasteiger partial charge in [-0.1, -0.05) is 63.4 Å². The summed E-state index contributed by atoms with van der Waals surface area (Å²) in [5, 5.41) is 0. The molecular weight excluding hydrogens is 460 g/mol. The van der Waals surface area contributed by atoms with Crippen molar-refractivity contribution in [1.82, 2.24) is 0 Å². The minimum Gasteiger partial charge on any atom is -0.456 e. The maximum Gasteiger partial charge on any atom is 0.338 e. The monoisotopic (exact) mass is 502 g/mol. The summed E-state index contributed by atoms with van der Waals surface area (Å²) in [4.78, 5) is 33.5. The van der Waals surface area contributed by atoms with Crippen LogP contribution in [0, 0.1) is 5.92 Å². The fourth-order valence-electron chi connectivity index (χ4n) is 5.46. The number of benzodiazepines with no additional fused rings is 1. The number of rotatable bonds is 6. The highest BCUT2D eigenvalue weighted by molar-refractivity contribution is 6.12. The van der Waals surface area contributed by atoms with Gasteiger partial charge in [-0.25, -0.2) is 4.79 Å². The Kier molecular flexibility index (Phi) is 8.20. The van der Waals surface area contributed by atoms with Crippen molar-refractivity contribution in [3.8, 4) is 0 Å². The van der Waals surface area contributed by atoms with Crippen molar-refractivity contribution >= 4 is 23.3 Å². The Hall–Kier alpha value is -2.95. The number of anilines is 1. The molecule has 0 radical (unpaired) electrons. The number of ether oxygens (including phenoxy) is 1. The molecule has 5 nitrogen and oxygen atoms in total. The van der Waals surface area contributed by atoms with Gasteiger partial charge in [0, 0.05) is 11.3 Å². The maximum atomic E-state index is 13.9. The summed E-state index contributed by atoms with van der Waals surface area (Å²) < 4.78 is 5.63. The van der Waals surface area contributed by atoms with Crippen molar-refractivity contribution in [3.63, 3.8) is 0 Å². The predicted molar refractivity (Wildman–Crippen MR) is 151 cm³/mol. The van der Waals surface area contributed by atoms with Crippen LogP contribution in [0.5, 0.6) is 0 Å². The van der Waals surface area contributed by atoms with Gasteiger partial charge in [-0.15, -0.1) is 0 Å². The van der Waals surface area contributed by atoms with Gasteiger partial charge >= 0.3 is 5.97 Å². The molecule has 37 heavy (non-hydrogen) atoms. The standard InChI is InChI=1S/C32H42N2O3/c1-21(2)18-28-30(35)34(20-23-12-14-25(15-13-23)24-10-8-7-9-11-24)29-19-26(31(36)37-32(4,5)6)16-17-27(29)22(3)33-28/h12-17,19,21,24,28H,7-11,18,20H2,1-6H3/t28-/m1/s1. The molecule has 0 bridgehead atoms. The first kappa shape index (κ1) is 27.1. The lowest BCUT2D eigenvalue weighted by atomic mass is 9.84. The Labute approximate surface area is 222 Å². The van der Waals surface area contributed by atoms with Gasteiger partial charge in [0.1, 0.15) is 11.6 Å². The van der Waals surface area contributed by atoms with Crippen molar-refractivity contribution in [3.05, 3.63) is 64.7 Å². The van der Waals surface area contributed by atoms with Crippen LogP contribution in [0.1, 0.15) is 113 Å². The van der Waals surface area contributed by atoms with Crippen LogP contribution in [0.15, 0.2) is 47.5 Å². The second-order valence-corrected chi connectivity index (χ2v) is 12.1. The van der Waals surface area contributed by atoms with Gasteiger partial charge in [-0.3, -0.25) is 9.79 Å². The van der Waals surface area contributed by atoms with Gasteiger partial charge in [-0.05, 0) is 82.1 Å². The van der Waals surface area contributed by atoms with Gasteiger partial charge in [-0.2, -0.15) is 0 Å². The molecule has 0 N–H and O–H groups in total. The third-order valence-corrected chi connectivity index (χ3v) is 7.31. The highest BCUT2D eigenvalue weighted by Crippen LogP contribution is 2.34. The molecule has 1 saturated carbocycles. The number of nitrogens with zero attached hydrogens (tertiary/aromatic N) is 2. The Morgan fingerprint density at radius 2 is 1.73 bits per heavy atom. The van der Waals surface area contributed by atoms with Crippen LogP contribution in [0.25, 0.3) is 0 Å². The molecule has 0 saturated heterocycles. The summed E-state index contributed by atoms with van der Waals surface area (Å²) in [7, 11) is 0.